The first-order valence-electron chi connectivity index (χ1n) is 8.58. The van der Waals surface area contributed by atoms with Crippen molar-refractivity contribution in [3.8, 4) is 6.07 Å². The number of nitrogens with one attached hydrogen (secondary N) is 1. The Labute approximate surface area is 160 Å². The molecule has 0 saturated heterocycles. The van der Waals surface area contributed by atoms with E-state index < -0.39 is 10.0 Å². The van der Waals surface area contributed by atoms with Gasteiger partial charge in [0.2, 0.25) is 15.9 Å². The summed E-state index contributed by atoms with van der Waals surface area (Å²) in [6.45, 7) is 4.17. The third-order valence-electron chi connectivity index (χ3n) is 4.07. The molecule has 0 atom stereocenters. The lowest BCUT2D eigenvalue weighted by Crippen LogP contribution is -2.33. The van der Waals surface area contributed by atoms with Gasteiger partial charge < -0.3 is 5.32 Å². The molecule has 0 aliphatic carbocycles. The van der Waals surface area contributed by atoms with Crippen LogP contribution in [-0.4, -0.2) is 27.1 Å². The van der Waals surface area contributed by atoms with E-state index in [1.165, 1.54) is 11.6 Å². The smallest absolute Gasteiger partial charge is 0.232 e. The van der Waals surface area contributed by atoms with Gasteiger partial charge in [0, 0.05) is 18.7 Å². The van der Waals surface area contributed by atoms with Gasteiger partial charge in [-0.1, -0.05) is 32.0 Å². The third kappa shape index (κ3) is 5.83. The van der Waals surface area contributed by atoms with Crippen LogP contribution in [0.2, 0.25) is 0 Å². The second-order valence-corrected chi connectivity index (χ2v) is 8.48. The molecule has 142 valence electrons. The first kappa shape index (κ1) is 20.5. The summed E-state index contributed by atoms with van der Waals surface area (Å²) >= 11 is 0. The molecule has 0 saturated carbocycles. The quantitative estimate of drug-likeness (QED) is 0.790. The number of carbonyl (C=O) groups is 1. The Hall–Kier alpha value is -2.85. The van der Waals surface area contributed by atoms with Crippen molar-refractivity contribution in [2.75, 3.05) is 22.4 Å². The van der Waals surface area contributed by atoms with Gasteiger partial charge in [0.05, 0.1) is 23.6 Å². The van der Waals surface area contributed by atoms with E-state index in [1.807, 2.05) is 30.3 Å². The molecule has 1 amide bonds. The van der Waals surface area contributed by atoms with E-state index in [2.05, 4.69) is 19.2 Å². The van der Waals surface area contributed by atoms with Crippen LogP contribution < -0.4 is 9.62 Å². The van der Waals surface area contributed by atoms with Crippen LogP contribution in [0.25, 0.3) is 0 Å². The van der Waals surface area contributed by atoms with Crippen LogP contribution in [0, 0.1) is 11.3 Å². The maximum absolute atomic E-state index is 12.2. The Morgan fingerprint density at radius 2 is 1.85 bits per heavy atom. The molecule has 0 aromatic heterocycles. The second kappa shape index (κ2) is 8.69. The van der Waals surface area contributed by atoms with E-state index >= 15 is 0 Å². The summed E-state index contributed by atoms with van der Waals surface area (Å²) in [6, 6.07) is 15.9. The number of nitriles is 1. The summed E-state index contributed by atoms with van der Waals surface area (Å²) in [7, 11) is -3.58. The Kier molecular flexibility index (Phi) is 6.59. The summed E-state index contributed by atoms with van der Waals surface area (Å²) in [5, 5.41) is 11.8. The third-order valence-corrected chi connectivity index (χ3v) is 5.26. The average Bonchev–Trinajstić information content (AvgIpc) is 2.61. The Bertz CT molecular complexity index is 945. The van der Waals surface area contributed by atoms with Gasteiger partial charge in [-0.3, -0.25) is 9.10 Å². The van der Waals surface area contributed by atoms with Gasteiger partial charge in [-0.2, -0.15) is 5.26 Å². The standard InChI is InChI=1S/C20H23N3O3S/c1-15(2)17-7-9-18(10-8-17)22-20(24)11-12-23(27(3,25)26)19-6-4-5-16(13-19)14-21/h4-10,13,15H,11-12H2,1-3H3,(H,22,24). The number of hydrogen-bond donors (Lipinski definition) is 1. The topological polar surface area (TPSA) is 90.3 Å². The fourth-order valence-electron chi connectivity index (χ4n) is 2.59. The first-order chi connectivity index (χ1) is 12.7. The molecule has 0 unspecified atom stereocenters. The summed E-state index contributed by atoms with van der Waals surface area (Å²) < 4.78 is 25.4. The van der Waals surface area contributed by atoms with Crippen molar-refractivity contribution in [1.82, 2.24) is 0 Å². The minimum absolute atomic E-state index is 0.00418. The molecule has 0 spiro atoms. The van der Waals surface area contributed by atoms with Gasteiger partial charge >= 0.3 is 0 Å². The predicted molar refractivity (Wildman–Crippen MR) is 107 cm³/mol. The van der Waals surface area contributed by atoms with E-state index in [9.17, 15) is 13.2 Å². The fraction of sp³-hybridized carbons (Fsp3) is 0.300. The fourth-order valence-corrected chi connectivity index (χ4v) is 3.51. The van der Waals surface area contributed by atoms with E-state index in [-0.39, 0.29) is 18.9 Å². The highest BCUT2D eigenvalue weighted by molar-refractivity contribution is 7.92. The van der Waals surface area contributed by atoms with Crippen molar-refractivity contribution in [2.24, 2.45) is 0 Å². The number of benzene rings is 2. The predicted octanol–water partition coefficient (Wildman–Crippen LogP) is 3.48. The Balaban J connectivity index is 2.06. The van der Waals surface area contributed by atoms with Gasteiger partial charge in [0.25, 0.3) is 0 Å². The number of sulfonamides is 1. The maximum atomic E-state index is 12.2. The zero-order valence-electron chi connectivity index (χ0n) is 15.6. The molecule has 2 aromatic rings. The lowest BCUT2D eigenvalue weighted by molar-refractivity contribution is -0.116. The number of nitrogens with zero attached hydrogens (tertiary/aromatic N) is 2. The molecular formula is C20H23N3O3S. The van der Waals surface area contributed by atoms with Crippen LogP contribution >= 0.6 is 0 Å². The summed E-state index contributed by atoms with van der Waals surface area (Å²) in [5.41, 5.74) is 2.57. The molecule has 0 bridgehead atoms. The van der Waals surface area contributed by atoms with E-state index in [0.29, 0.717) is 22.9 Å². The molecule has 2 rings (SSSR count). The lowest BCUT2D eigenvalue weighted by Gasteiger charge is -2.22. The summed E-state index contributed by atoms with van der Waals surface area (Å²) in [4.78, 5) is 12.2. The molecule has 7 heteroatoms. The van der Waals surface area contributed by atoms with E-state index in [4.69, 9.17) is 5.26 Å². The van der Waals surface area contributed by atoms with Crippen molar-refractivity contribution in [1.29, 1.82) is 5.26 Å². The number of rotatable bonds is 7. The van der Waals surface area contributed by atoms with E-state index in [1.54, 1.807) is 18.2 Å². The molecule has 0 radical (unpaired) electrons. The zero-order valence-corrected chi connectivity index (χ0v) is 16.5. The second-order valence-electron chi connectivity index (χ2n) is 6.57. The van der Waals surface area contributed by atoms with Crippen molar-refractivity contribution >= 4 is 27.3 Å². The first-order valence-corrected chi connectivity index (χ1v) is 10.4. The number of anilines is 2. The lowest BCUT2D eigenvalue weighted by atomic mass is 10.0. The average molecular weight is 385 g/mol. The minimum atomic E-state index is -3.58. The molecule has 0 heterocycles. The maximum Gasteiger partial charge on any atom is 0.232 e. The van der Waals surface area contributed by atoms with Gasteiger partial charge in [-0.05, 0) is 41.8 Å². The van der Waals surface area contributed by atoms with Gasteiger partial charge in [0.1, 0.15) is 0 Å². The SMILES string of the molecule is CC(C)c1ccc(NC(=O)CCN(c2cccc(C#N)c2)S(C)(=O)=O)cc1. The van der Waals surface area contributed by atoms with Gasteiger partial charge in [-0.15, -0.1) is 0 Å². The highest BCUT2D eigenvalue weighted by Crippen LogP contribution is 2.20. The van der Waals surface area contributed by atoms with Crippen molar-refractivity contribution in [3.63, 3.8) is 0 Å². The van der Waals surface area contributed by atoms with Crippen LogP contribution in [0.5, 0.6) is 0 Å². The largest absolute Gasteiger partial charge is 0.326 e. The minimum Gasteiger partial charge on any atom is -0.326 e. The zero-order chi connectivity index (χ0) is 20.0. The molecule has 0 fully saturated rings. The molecular weight excluding hydrogens is 362 g/mol. The van der Waals surface area contributed by atoms with Crippen molar-refractivity contribution < 1.29 is 13.2 Å². The molecule has 0 aliphatic rings. The van der Waals surface area contributed by atoms with Crippen molar-refractivity contribution in [3.05, 3.63) is 59.7 Å². The Morgan fingerprint density at radius 3 is 2.41 bits per heavy atom. The normalized spacial score (nSPS) is 11.1. The van der Waals surface area contributed by atoms with Crippen LogP contribution in [0.3, 0.4) is 0 Å². The Morgan fingerprint density at radius 1 is 1.19 bits per heavy atom. The van der Waals surface area contributed by atoms with E-state index in [0.717, 1.165) is 10.6 Å². The van der Waals surface area contributed by atoms with Crippen LogP contribution in [0.1, 0.15) is 37.3 Å². The molecule has 2 aromatic carbocycles. The highest BCUT2D eigenvalue weighted by Gasteiger charge is 2.19. The summed E-state index contributed by atoms with van der Waals surface area (Å²) in [5.74, 6) is 0.125. The summed E-state index contributed by atoms with van der Waals surface area (Å²) in [6.07, 6.45) is 1.07. The number of carbonyl (C=O) groups excluding carboxylic acids is 1. The highest BCUT2D eigenvalue weighted by atomic mass is 32.2. The molecule has 27 heavy (non-hydrogen) atoms. The molecule has 1 N–H and O–H groups in total. The number of hydrogen-bond acceptors (Lipinski definition) is 4. The molecule has 6 nitrogen and oxygen atoms in total. The molecule has 0 aliphatic heterocycles. The van der Waals surface area contributed by atoms with Gasteiger partial charge in [0.15, 0.2) is 0 Å². The van der Waals surface area contributed by atoms with Crippen LogP contribution in [0.15, 0.2) is 48.5 Å². The van der Waals surface area contributed by atoms with Crippen LogP contribution in [-0.2, 0) is 14.8 Å². The monoisotopic (exact) mass is 385 g/mol. The van der Waals surface area contributed by atoms with Crippen molar-refractivity contribution in [2.45, 2.75) is 26.2 Å². The van der Waals surface area contributed by atoms with Crippen LogP contribution in [0.4, 0.5) is 11.4 Å². The number of amides is 1. The van der Waals surface area contributed by atoms with Gasteiger partial charge in [-0.25, -0.2) is 8.42 Å².